The van der Waals surface area contributed by atoms with Crippen LogP contribution in [0.2, 0.25) is 0 Å². The molecule has 0 bridgehead atoms. The third kappa shape index (κ3) is 8.64. The average Bonchev–Trinajstić information content (AvgIpc) is 3.59. The van der Waals surface area contributed by atoms with Gasteiger partial charge in [0.2, 0.25) is 0 Å². The summed E-state index contributed by atoms with van der Waals surface area (Å²) in [7, 11) is -4.25. The van der Waals surface area contributed by atoms with Gasteiger partial charge in [-0.05, 0) is 72.5 Å². The number of nitrogens with one attached hydrogen (secondary N) is 3. The highest BCUT2D eigenvalue weighted by atomic mass is 35.5. The molecule has 9 nitrogen and oxygen atoms in total. The van der Waals surface area contributed by atoms with Crippen molar-refractivity contribution in [3.8, 4) is 11.1 Å². The predicted octanol–water partition coefficient (Wildman–Crippen LogP) is 6.86. The fraction of sp³-hybridized carbons (Fsp3) is 0.0909. The molecule has 48 heavy (non-hydrogen) atoms. The third-order valence-electron chi connectivity index (χ3n) is 6.84. The number of nitrogens with zero attached hydrogens (tertiary/aromatic N) is 1. The number of benzene rings is 3. The van der Waals surface area contributed by atoms with Crippen LogP contribution in [0.3, 0.4) is 0 Å². The van der Waals surface area contributed by atoms with Gasteiger partial charge in [-0.15, -0.1) is 23.7 Å². The Hall–Kier alpha value is -5.05. The first-order chi connectivity index (χ1) is 22.3. The Labute approximate surface area is 283 Å². The molecule has 3 N–H and O–H groups in total. The van der Waals surface area contributed by atoms with E-state index in [9.17, 15) is 36.0 Å². The number of aryl methyl sites for hydroxylation is 1. The van der Waals surface area contributed by atoms with Crippen LogP contribution >= 0.6 is 23.7 Å². The van der Waals surface area contributed by atoms with Crippen LogP contribution in [-0.4, -0.2) is 31.1 Å². The maximum Gasteiger partial charge on any atom is 0.416 e. The fourth-order valence-electron chi connectivity index (χ4n) is 4.42. The molecule has 0 saturated heterocycles. The lowest BCUT2D eigenvalue weighted by Crippen LogP contribution is -2.30. The fourth-order valence-corrected chi connectivity index (χ4v) is 6.28. The molecular formula is C33H26ClF3N4O5S2. The van der Waals surface area contributed by atoms with Gasteiger partial charge >= 0.3 is 6.18 Å². The number of aromatic nitrogens is 1. The van der Waals surface area contributed by atoms with Crippen molar-refractivity contribution >= 4 is 57.2 Å². The molecule has 0 fully saturated rings. The Bertz CT molecular complexity index is 2040. The molecule has 0 saturated carbocycles. The lowest BCUT2D eigenvalue weighted by atomic mass is 10.0. The van der Waals surface area contributed by atoms with E-state index in [1.54, 1.807) is 36.6 Å². The van der Waals surface area contributed by atoms with Gasteiger partial charge in [-0.1, -0.05) is 42.0 Å². The molecule has 0 aliphatic rings. The van der Waals surface area contributed by atoms with E-state index in [2.05, 4.69) is 20.3 Å². The van der Waals surface area contributed by atoms with Crippen LogP contribution in [-0.2, 0) is 22.7 Å². The largest absolute Gasteiger partial charge is 0.416 e. The van der Waals surface area contributed by atoms with Crippen LogP contribution in [0.4, 0.5) is 18.9 Å². The van der Waals surface area contributed by atoms with Crippen molar-refractivity contribution in [2.45, 2.75) is 24.5 Å². The van der Waals surface area contributed by atoms with E-state index in [1.807, 2.05) is 0 Å². The van der Waals surface area contributed by atoms with Crippen molar-refractivity contribution in [1.82, 2.24) is 15.0 Å². The van der Waals surface area contributed by atoms with E-state index in [4.69, 9.17) is 0 Å². The second-order valence-corrected chi connectivity index (χ2v) is 12.9. The minimum Gasteiger partial charge on any atom is -0.348 e. The maximum absolute atomic E-state index is 13.2. The number of amides is 3. The molecular weight excluding hydrogens is 689 g/mol. The number of hydrogen-bond donors (Lipinski definition) is 3. The van der Waals surface area contributed by atoms with Crippen molar-refractivity contribution in [2.75, 3.05) is 5.32 Å². The van der Waals surface area contributed by atoms with E-state index < -0.39 is 39.5 Å². The first kappa shape index (κ1) is 35.8. The number of rotatable bonds is 9. The first-order valence-corrected chi connectivity index (χ1v) is 16.2. The van der Waals surface area contributed by atoms with Gasteiger partial charge in [-0.3, -0.25) is 19.4 Å². The molecule has 0 aliphatic heterocycles. The van der Waals surface area contributed by atoms with Crippen LogP contribution in [0.25, 0.3) is 11.1 Å². The Morgan fingerprint density at radius 1 is 0.854 bits per heavy atom. The number of sulfonamides is 1. The van der Waals surface area contributed by atoms with Gasteiger partial charge in [0.25, 0.3) is 27.7 Å². The van der Waals surface area contributed by atoms with Crippen molar-refractivity contribution in [3.63, 3.8) is 0 Å². The van der Waals surface area contributed by atoms with Crippen LogP contribution in [0, 0.1) is 6.92 Å². The molecule has 0 atom stereocenters. The van der Waals surface area contributed by atoms with Crippen LogP contribution in [0.5, 0.6) is 0 Å². The molecule has 5 rings (SSSR count). The summed E-state index contributed by atoms with van der Waals surface area (Å²) in [6.45, 7) is 1.81. The molecule has 248 valence electrons. The molecule has 3 aromatic carbocycles. The highest BCUT2D eigenvalue weighted by molar-refractivity contribution is 7.90. The predicted molar refractivity (Wildman–Crippen MR) is 178 cm³/mol. The Kier molecular flexibility index (Phi) is 11.0. The van der Waals surface area contributed by atoms with Gasteiger partial charge in [0, 0.05) is 35.1 Å². The van der Waals surface area contributed by atoms with Crippen LogP contribution in [0.15, 0.2) is 107 Å². The Morgan fingerprint density at radius 3 is 2.17 bits per heavy atom. The molecule has 5 aromatic rings. The normalized spacial score (nSPS) is 11.2. The number of alkyl halides is 3. The van der Waals surface area contributed by atoms with E-state index >= 15 is 0 Å². The number of thiophene rings is 1. The summed E-state index contributed by atoms with van der Waals surface area (Å²) >= 11 is 1.11. The summed E-state index contributed by atoms with van der Waals surface area (Å²) in [5.74, 6) is -1.76. The van der Waals surface area contributed by atoms with Gasteiger partial charge in [-0.2, -0.15) is 13.2 Å². The zero-order valence-electron chi connectivity index (χ0n) is 24.9. The minimum atomic E-state index is -4.44. The molecule has 15 heteroatoms. The van der Waals surface area contributed by atoms with E-state index in [0.29, 0.717) is 22.4 Å². The van der Waals surface area contributed by atoms with Crippen molar-refractivity contribution in [1.29, 1.82) is 0 Å². The molecule has 0 radical (unpaired) electrons. The van der Waals surface area contributed by atoms with Crippen molar-refractivity contribution in [3.05, 3.63) is 135 Å². The Morgan fingerprint density at radius 2 is 1.56 bits per heavy atom. The molecule has 2 heterocycles. The SMILES string of the molecule is Cc1ccc(S(=O)(=O)NC(=O)c2cccs2)c(-c2ccc(C(=O)Nc3ccc(C(=O)NCc4ccc(C(F)(F)F)cc4)cc3)nc2)c1.Cl. The standard InChI is InChI=1S/C33H25F3N4O5S2.ClH/c1-20-4-15-29(47(44,45)40-32(43)28-3-2-16-46-28)26(17-20)23-9-14-27(37-19-23)31(42)39-25-12-7-22(8-13-25)30(41)38-18-21-5-10-24(11-6-21)33(34,35)36;/h2-17,19H,18H2,1H3,(H,38,41)(H,39,42)(H,40,43);1H. The quantitative estimate of drug-likeness (QED) is 0.153. The third-order valence-corrected chi connectivity index (χ3v) is 9.10. The molecule has 0 aliphatic carbocycles. The van der Waals surface area contributed by atoms with E-state index in [-0.39, 0.29) is 40.0 Å². The average molecular weight is 715 g/mol. The zero-order chi connectivity index (χ0) is 33.8. The number of hydrogen-bond acceptors (Lipinski definition) is 7. The van der Waals surface area contributed by atoms with Gasteiger partial charge in [-0.25, -0.2) is 13.1 Å². The van der Waals surface area contributed by atoms with Crippen LogP contribution in [0.1, 0.15) is 47.2 Å². The molecule has 0 unspecified atom stereocenters. The highest BCUT2D eigenvalue weighted by Gasteiger charge is 2.30. The summed E-state index contributed by atoms with van der Waals surface area (Å²) in [6.07, 6.45) is -3.09. The summed E-state index contributed by atoms with van der Waals surface area (Å²) in [5.41, 5.74) is 1.86. The second kappa shape index (κ2) is 14.8. The van der Waals surface area contributed by atoms with Crippen molar-refractivity contribution < 1.29 is 36.0 Å². The lowest BCUT2D eigenvalue weighted by molar-refractivity contribution is -0.137. The van der Waals surface area contributed by atoms with Crippen LogP contribution < -0.4 is 15.4 Å². The van der Waals surface area contributed by atoms with Crippen molar-refractivity contribution in [2.24, 2.45) is 0 Å². The Balaban J connectivity index is 0.00000520. The lowest BCUT2D eigenvalue weighted by Gasteiger charge is -2.13. The number of halogens is 4. The van der Waals surface area contributed by atoms with Gasteiger partial charge in [0.1, 0.15) is 5.69 Å². The van der Waals surface area contributed by atoms with Gasteiger partial charge in [0.05, 0.1) is 15.3 Å². The van der Waals surface area contributed by atoms with Gasteiger partial charge < -0.3 is 10.6 Å². The monoisotopic (exact) mass is 714 g/mol. The number of carbonyl (C=O) groups is 3. The molecule has 2 aromatic heterocycles. The maximum atomic E-state index is 13.2. The topological polar surface area (TPSA) is 134 Å². The summed E-state index contributed by atoms with van der Waals surface area (Å²) < 4.78 is 66.6. The number of carbonyl (C=O) groups excluding carboxylic acids is 3. The first-order valence-electron chi connectivity index (χ1n) is 13.8. The molecule has 3 amide bonds. The number of anilines is 1. The molecule has 0 spiro atoms. The minimum absolute atomic E-state index is 0. The number of pyridine rings is 1. The smallest absolute Gasteiger partial charge is 0.348 e. The summed E-state index contributed by atoms with van der Waals surface area (Å²) in [5, 5.41) is 6.97. The zero-order valence-corrected chi connectivity index (χ0v) is 27.3. The van der Waals surface area contributed by atoms with E-state index in [1.165, 1.54) is 60.8 Å². The highest BCUT2D eigenvalue weighted by Crippen LogP contribution is 2.30. The van der Waals surface area contributed by atoms with Gasteiger partial charge in [0.15, 0.2) is 0 Å². The second-order valence-electron chi connectivity index (χ2n) is 10.3. The summed E-state index contributed by atoms with van der Waals surface area (Å²) in [6, 6.07) is 21.2. The summed E-state index contributed by atoms with van der Waals surface area (Å²) in [4.78, 5) is 42.2. The van der Waals surface area contributed by atoms with E-state index in [0.717, 1.165) is 29.0 Å².